The van der Waals surface area contributed by atoms with Crippen molar-refractivity contribution in [2.45, 2.75) is 104 Å². The minimum atomic E-state index is -0.935. The highest BCUT2D eigenvalue weighted by Gasteiger charge is 2.57. The number of quaternary nitrogens is 1. The zero-order chi connectivity index (χ0) is 21.2. The fourth-order valence-electron chi connectivity index (χ4n) is 3.62. The molecule has 7 heteroatoms. The Morgan fingerprint density at radius 2 is 1.64 bits per heavy atom. The first-order valence-electron chi connectivity index (χ1n) is 10.7. The highest BCUT2D eigenvalue weighted by atomic mass is 16.6. The first-order valence-corrected chi connectivity index (χ1v) is 10.7. The summed E-state index contributed by atoms with van der Waals surface area (Å²) in [5.74, 6) is -0.528. The average molecular weight is 400 g/mol. The zero-order valence-corrected chi connectivity index (χ0v) is 18.1. The molecule has 0 aromatic heterocycles. The van der Waals surface area contributed by atoms with E-state index in [1.54, 1.807) is 20.8 Å². The Bertz CT molecular complexity index is 529. The monoisotopic (exact) mass is 399 g/mol. The van der Waals surface area contributed by atoms with Crippen LogP contribution in [-0.2, 0) is 14.3 Å². The molecule has 7 nitrogen and oxygen atoms in total. The van der Waals surface area contributed by atoms with E-state index in [1.807, 2.05) is 0 Å². The Hall–Kier alpha value is -1.63. The number of nitrogens with two attached hydrogens (primary N) is 1. The van der Waals surface area contributed by atoms with Crippen LogP contribution in [0.25, 0.3) is 0 Å². The molecular formula is C21H39N2O5+. The number of likely N-dealkylation sites (tertiary alicyclic amines) is 1. The number of rotatable bonds is 8. The number of nitrogens with zero attached hydrogens (tertiary/aromatic N) is 1. The van der Waals surface area contributed by atoms with Gasteiger partial charge >= 0.3 is 18.1 Å². The molecule has 0 aromatic rings. The molecule has 0 aromatic carbocycles. The number of unbranched alkanes of at least 4 members (excludes halogenated alkanes) is 5. The third kappa shape index (κ3) is 7.08. The molecule has 1 aliphatic rings. The number of esters is 1. The van der Waals surface area contributed by atoms with Crippen molar-refractivity contribution in [2.75, 3.05) is 13.2 Å². The van der Waals surface area contributed by atoms with Crippen molar-refractivity contribution >= 4 is 18.1 Å². The van der Waals surface area contributed by atoms with Gasteiger partial charge in [-0.1, -0.05) is 39.0 Å². The lowest BCUT2D eigenvalue weighted by molar-refractivity contribution is -0.795. The van der Waals surface area contributed by atoms with Crippen molar-refractivity contribution in [1.82, 2.24) is 0 Å². The molecule has 0 aliphatic carbocycles. The predicted octanol–water partition coefficient (Wildman–Crippen LogP) is 4.66. The normalized spacial score (nSPS) is 22.9. The molecule has 1 fully saturated rings. The summed E-state index contributed by atoms with van der Waals surface area (Å²) in [5.41, 5.74) is 4.89. The Morgan fingerprint density at radius 1 is 1.00 bits per heavy atom. The molecule has 1 aliphatic heterocycles. The molecule has 2 N–H and O–H groups in total. The van der Waals surface area contributed by atoms with E-state index in [2.05, 4.69) is 6.92 Å². The van der Waals surface area contributed by atoms with Crippen molar-refractivity contribution < 1.29 is 28.3 Å². The summed E-state index contributed by atoms with van der Waals surface area (Å²) < 4.78 is 10.1. The third-order valence-electron chi connectivity index (χ3n) is 5.15. The molecule has 0 bridgehead atoms. The van der Waals surface area contributed by atoms with Gasteiger partial charge in [0.2, 0.25) is 6.04 Å². The zero-order valence-electron chi connectivity index (χ0n) is 18.1. The van der Waals surface area contributed by atoms with Crippen LogP contribution in [0.3, 0.4) is 0 Å². The molecule has 0 saturated carbocycles. The van der Waals surface area contributed by atoms with Gasteiger partial charge < -0.3 is 15.2 Å². The van der Waals surface area contributed by atoms with Crippen LogP contribution < -0.4 is 5.73 Å². The van der Waals surface area contributed by atoms with Crippen molar-refractivity contribution in [3.05, 3.63) is 0 Å². The van der Waals surface area contributed by atoms with Crippen molar-refractivity contribution in [1.29, 1.82) is 0 Å². The Kier molecular flexibility index (Phi) is 9.93. The maximum atomic E-state index is 13.0. The maximum absolute atomic E-state index is 13.0. The van der Waals surface area contributed by atoms with Crippen molar-refractivity contribution in [2.24, 2.45) is 5.73 Å². The number of hydrogen-bond acceptors (Lipinski definition) is 5. The van der Waals surface area contributed by atoms with Gasteiger partial charge in [-0.2, -0.15) is 4.79 Å². The number of carbonyl (C=O) groups excluding carboxylic acids is 3. The molecule has 28 heavy (non-hydrogen) atoms. The summed E-state index contributed by atoms with van der Waals surface area (Å²) in [6, 6.07) is -1.78. The fraction of sp³-hybridized carbons (Fsp3) is 0.857. The van der Waals surface area contributed by atoms with E-state index < -0.39 is 34.2 Å². The van der Waals surface area contributed by atoms with Gasteiger partial charge in [0.05, 0.1) is 13.2 Å². The van der Waals surface area contributed by atoms with Gasteiger partial charge in [-0.15, -0.1) is 4.48 Å². The minimum Gasteiger partial charge on any atom is -0.461 e. The van der Waals surface area contributed by atoms with Crippen LogP contribution in [0.4, 0.5) is 9.59 Å². The van der Waals surface area contributed by atoms with E-state index in [0.717, 1.165) is 32.1 Å². The molecule has 0 spiro atoms. The van der Waals surface area contributed by atoms with Gasteiger partial charge in [-0.05, 0) is 46.5 Å². The Balaban J connectivity index is 2.83. The molecular weight excluding hydrogens is 360 g/mol. The van der Waals surface area contributed by atoms with Crippen LogP contribution in [0.1, 0.15) is 91.9 Å². The maximum Gasteiger partial charge on any atom is 0.526 e. The number of amides is 3. The second-order valence-corrected chi connectivity index (χ2v) is 8.71. The van der Waals surface area contributed by atoms with E-state index >= 15 is 0 Å². The lowest BCUT2D eigenvalue weighted by atomic mass is 10.1. The van der Waals surface area contributed by atoms with Gasteiger partial charge in [-0.25, -0.2) is 9.59 Å². The van der Waals surface area contributed by atoms with Crippen LogP contribution in [0.15, 0.2) is 0 Å². The second kappa shape index (κ2) is 11.4. The van der Waals surface area contributed by atoms with Gasteiger partial charge in [0.25, 0.3) is 0 Å². The van der Waals surface area contributed by atoms with E-state index in [9.17, 15) is 14.4 Å². The molecule has 2 unspecified atom stereocenters. The van der Waals surface area contributed by atoms with Gasteiger partial charge in [0, 0.05) is 6.42 Å². The van der Waals surface area contributed by atoms with Crippen LogP contribution in [0.2, 0.25) is 0 Å². The average Bonchev–Trinajstić information content (AvgIpc) is 2.83. The quantitative estimate of drug-likeness (QED) is 0.364. The number of hydrogen-bond donors (Lipinski definition) is 1. The van der Waals surface area contributed by atoms with E-state index in [-0.39, 0.29) is 6.54 Å². The molecule has 1 heterocycles. The van der Waals surface area contributed by atoms with E-state index in [0.29, 0.717) is 19.4 Å². The van der Waals surface area contributed by atoms with Crippen LogP contribution in [-0.4, -0.2) is 47.4 Å². The van der Waals surface area contributed by atoms with Crippen LogP contribution >= 0.6 is 0 Å². The molecule has 0 radical (unpaired) electrons. The minimum absolute atomic E-state index is 0.168. The first-order chi connectivity index (χ1) is 13.1. The highest BCUT2D eigenvalue weighted by Crippen LogP contribution is 2.29. The molecule has 162 valence electrons. The van der Waals surface area contributed by atoms with Gasteiger partial charge in [0.15, 0.2) is 0 Å². The molecule has 1 rings (SSSR count). The van der Waals surface area contributed by atoms with Crippen molar-refractivity contribution in [3.63, 3.8) is 0 Å². The van der Waals surface area contributed by atoms with E-state index in [4.69, 9.17) is 15.2 Å². The lowest BCUT2D eigenvalue weighted by Gasteiger charge is -2.36. The largest absolute Gasteiger partial charge is 0.526 e. The highest BCUT2D eigenvalue weighted by molar-refractivity contribution is 5.85. The topological polar surface area (TPSA) is 95.7 Å². The van der Waals surface area contributed by atoms with Gasteiger partial charge in [-0.3, -0.25) is 0 Å². The van der Waals surface area contributed by atoms with Crippen LogP contribution in [0, 0.1) is 0 Å². The molecule has 3 amide bonds. The Morgan fingerprint density at radius 3 is 2.25 bits per heavy atom. The lowest BCUT2D eigenvalue weighted by Crippen LogP contribution is -2.68. The molecule has 2 atom stereocenters. The summed E-state index contributed by atoms with van der Waals surface area (Å²) >= 11 is 0. The summed E-state index contributed by atoms with van der Waals surface area (Å²) in [5, 5.41) is 0. The summed E-state index contributed by atoms with van der Waals surface area (Å²) in [6.07, 6.45) is 8.32. The second-order valence-electron chi connectivity index (χ2n) is 8.71. The number of ether oxygens (including phenoxy) is 2. The fourth-order valence-corrected chi connectivity index (χ4v) is 3.62. The predicted molar refractivity (Wildman–Crippen MR) is 108 cm³/mol. The summed E-state index contributed by atoms with van der Waals surface area (Å²) in [4.78, 5) is 38.2. The van der Waals surface area contributed by atoms with Crippen molar-refractivity contribution in [3.8, 4) is 0 Å². The van der Waals surface area contributed by atoms with Gasteiger partial charge in [0.1, 0.15) is 5.60 Å². The number of carbonyl (C=O) groups is 3. The molecule has 1 saturated heterocycles. The summed E-state index contributed by atoms with van der Waals surface area (Å²) in [6.45, 7) is 7.82. The number of urea groups is 1. The third-order valence-corrected chi connectivity index (χ3v) is 5.15. The van der Waals surface area contributed by atoms with Crippen LogP contribution in [0.5, 0.6) is 0 Å². The number of primary amides is 1. The standard InChI is InChI=1S/C21H38N2O5/c1-5-6-7-8-9-13-16-27-18(24)17-14-11-10-12-15-23(17,19(22)25)20(26)28-21(2,3)4/h17H,5-16H2,1-4H3,(H-,22,25)/p+1. The number of imide groups is 1. The smallest absolute Gasteiger partial charge is 0.461 e. The first kappa shape index (κ1) is 24.4. The summed E-state index contributed by atoms with van der Waals surface area (Å²) in [7, 11) is 0. The SMILES string of the molecule is CCCCCCCCOC(=O)C1CCCCC[N+]1(C(N)=O)C(=O)OC(C)(C)C. The Labute approximate surface area is 169 Å². The van der Waals surface area contributed by atoms with E-state index in [1.165, 1.54) is 19.3 Å².